The maximum absolute atomic E-state index is 12.4. The van der Waals surface area contributed by atoms with E-state index in [-0.39, 0.29) is 0 Å². The Morgan fingerprint density at radius 1 is 1.15 bits per heavy atom. The number of nitrogens with zero attached hydrogens (tertiary/aromatic N) is 2. The van der Waals surface area contributed by atoms with E-state index in [1.807, 2.05) is 39.0 Å². The van der Waals surface area contributed by atoms with Crippen molar-refractivity contribution in [2.75, 3.05) is 0 Å². The van der Waals surface area contributed by atoms with E-state index in [4.69, 9.17) is 0 Å². The molecule has 0 bridgehead atoms. The summed E-state index contributed by atoms with van der Waals surface area (Å²) in [6.07, 6.45) is 1.74. The molecule has 0 aliphatic heterocycles. The monoisotopic (exact) mass is 332 g/mol. The lowest BCUT2D eigenvalue weighted by Gasteiger charge is -2.25. The molecule has 0 saturated heterocycles. The number of rotatable bonds is 0. The molecule has 4 nitrogen and oxygen atoms in total. The predicted octanol–water partition coefficient (Wildman–Crippen LogP) is 3.25. The van der Waals surface area contributed by atoms with Crippen molar-refractivity contribution < 1.29 is 9.59 Å². The zero-order valence-electron chi connectivity index (χ0n) is 11.4. The molecule has 5 heteroatoms. The van der Waals surface area contributed by atoms with Gasteiger partial charge in [0, 0.05) is 11.8 Å². The molecule has 102 valence electrons. The first-order valence-electron chi connectivity index (χ1n) is 6.29. The Morgan fingerprint density at radius 2 is 1.85 bits per heavy atom. The van der Waals surface area contributed by atoms with Gasteiger partial charge in [-0.05, 0) is 33.5 Å². The molecule has 1 aliphatic carbocycles. The van der Waals surface area contributed by atoms with E-state index < -0.39 is 17.0 Å². The van der Waals surface area contributed by atoms with Crippen LogP contribution in [0.15, 0.2) is 30.0 Å². The topological polar surface area (TPSA) is 51.4 Å². The Labute approximate surface area is 124 Å². The first kappa shape index (κ1) is 13.2. The van der Waals surface area contributed by atoms with Gasteiger partial charge in [-0.15, -0.1) is 0 Å². The third kappa shape index (κ3) is 1.69. The van der Waals surface area contributed by atoms with Gasteiger partial charge in [-0.2, -0.15) is 0 Å². The molecular weight excluding hydrogens is 320 g/mol. The van der Waals surface area contributed by atoms with Crippen LogP contribution in [0.25, 0.3) is 10.1 Å². The van der Waals surface area contributed by atoms with Gasteiger partial charge in [-0.25, -0.2) is 4.98 Å². The largest absolute Gasteiger partial charge is 0.296 e. The zero-order valence-corrected chi connectivity index (χ0v) is 13.0. The van der Waals surface area contributed by atoms with Crippen LogP contribution in [0.2, 0.25) is 0 Å². The average molecular weight is 333 g/mol. The van der Waals surface area contributed by atoms with Crippen molar-refractivity contribution in [3.63, 3.8) is 0 Å². The predicted molar refractivity (Wildman–Crippen MR) is 79.8 cm³/mol. The third-order valence-corrected chi connectivity index (χ3v) is 4.13. The van der Waals surface area contributed by atoms with Crippen LogP contribution >= 0.6 is 15.9 Å². The molecule has 0 radical (unpaired) electrons. The van der Waals surface area contributed by atoms with Crippen molar-refractivity contribution in [3.05, 3.63) is 41.4 Å². The molecule has 0 atom stereocenters. The van der Waals surface area contributed by atoms with Crippen molar-refractivity contribution in [3.8, 4) is 0 Å². The fourth-order valence-corrected chi connectivity index (χ4v) is 3.53. The van der Waals surface area contributed by atoms with Crippen LogP contribution in [-0.4, -0.2) is 21.0 Å². The van der Waals surface area contributed by atoms with E-state index >= 15 is 0 Å². The number of fused-ring (bicyclic) bond motifs is 3. The molecule has 0 aromatic carbocycles. The maximum atomic E-state index is 12.4. The number of carbonyl (C=O) groups excluding carboxylic acids is 2. The number of aromatic nitrogens is 2. The van der Waals surface area contributed by atoms with Crippen molar-refractivity contribution in [2.45, 2.75) is 20.8 Å². The molecule has 2 heterocycles. The first-order chi connectivity index (χ1) is 9.32. The quantitative estimate of drug-likeness (QED) is 0.696. The van der Waals surface area contributed by atoms with Gasteiger partial charge < -0.3 is 0 Å². The molecule has 0 fully saturated rings. The molecule has 0 amide bonds. The summed E-state index contributed by atoms with van der Waals surface area (Å²) in [5.74, 6) is -0.950. The number of halogens is 1. The number of hydrogen-bond acceptors (Lipinski definition) is 3. The second-order valence-corrected chi connectivity index (χ2v) is 6.63. The van der Waals surface area contributed by atoms with Gasteiger partial charge in [0.15, 0.2) is 0 Å². The fraction of sp³-hybridized carbons (Fsp3) is 0.267. The fourth-order valence-electron chi connectivity index (χ4n) is 2.47. The van der Waals surface area contributed by atoms with Crippen LogP contribution in [-0.2, 0) is 4.79 Å². The van der Waals surface area contributed by atoms with Crippen LogP contribution in [0, 0.1) is 5.41 Å². The van der Waals surface area contributed by atoms with Crippen LogP contribution in [0.5, 0.6) is 0 Å². The number of hydrogen-bond donors (Lipinski definition) is 0. The van der Waals surface area contributed by atoms with E-state index in [0.717, 1.165) is 0 Å². The van der Waals surface area contributed by atoms with Crippen molar-refractivity contribution in [1.82, 2.24) is 9.38 Å². The highest BCUT2D eigenvalue weighted by atomic mass is 79.9. The Kier molecular flexibility index (Phi) is 2.73. The van der Waals surface area contributed by atoms with Gasteiger partial charge in [0.05, 0.1) is 4.48 Å². The van der Waals surface area contributed by atoms with E-state index in [1.54, 1.807) is 10.6 Å². The summed E-state index contributed by atoms with van der Waals surface area (Å²) in [5.41, 5.74) is 1.61. The van der Waals surface area contributed by atoms with Crippen molar-refractivity contribution in [1.29, 1.82) is 0 Å². The number of Topliss-reactive ketones (excluding diaryl/α,β-unsaturated/α-hetero) is 2. The molecule has 0 saturated carbocycles. The minimum absolute atomic E-state index is 0.338. The lowest BCUT2D eigenvalue weighted by atomic mass is 9.79. The molecule has 3 rings (SSSR count). The Morgan fingerprint density at radius 3 is 2.50 bits per heavy atom. The number of ketones is 2. The molecule has 0 unspecified atom stereocenters. The summed E-state index contributed by atoms with van der Waals surface area (Å²) in [7, 11) is 0. The Hall–Kier alpha value is -1.75. The van der Waals surface area contributed by atoms with E-state index in [2.05, 4.69) is 20.9 Å². The average Bonchev–Trinajstić information content (AvgIpc) is 2.74. The summed E-state index contributed by atoms with van der Waals surface area (Å²) in [5, 5.41) is 0. The number of pyridine rings is 1. The smallest absolute Gasteiger partial charge is 0.252 e. The van der Waals surface area contributed by atoms with Gasteiger partial charge in [0.1, 0.15) is 17.0 Å². The number of carbonyl (C=O) groups is 2. The van der Waals surface area contributed by atoms with Gasteiger partial charge >= 0.3 is 0 Å². The van der Waals surface area contributed by atoms with Gasteiger partial charge in [0.25, 0.3) is 5.78 Å². The molecule has 0 N–H and O–H groups in total. The van der Waals surface area contributed by atoms with Crippen molar-refractivity contribution >= 4 is 37.6 Å². The summed E-state index contributed by atoms with van der Waals surface area (Å²) in [6.45, 7) is 5.74. The second kappa shape index (κ2) is 4.12. The molecule has 0 spiro atoms. The highest BCUT2D eigenvalue weighted by Crippen LogP contribution is 2.41. The SMILES string of the molecule is CC(C)(C)C1=C(Br)c2nc3ccccn3c2C(=O)C1=O. The summed E-state index contributed by atoms with van der Waals surface area (Å²) in [4.78, 5) is 29.3. The van der Waals surface area contributed by atoms with Crippen LogP contribution in [0.4, 0.5) is 0 Å². The van der Waals surface area contributed by atoms with Crippen LogP contribution in [0.3, 0.4) is 0 Å². The Balaban J connectivity index is 2.42. The standard InChI is InChI=1S/C15H13BrN2O2/c1-15(2,3)9-10(16)11-12(14(20)13(9)19)18-7-5-4-6-8(18)17-11/h4-7H,1-3H3. The molecule has 2 aromatic heterocycles. The lowest BCUT2D eigenvalue weighted by Crippen LogP contribution is -2.30. The van der Waals surface area contributed by atoms with Crippen LogP contribution in [0.1, 0.15) is 37.0 Å². The highest BCUT2D eigenvalue weighted by molar-refractivity contribution is 9.15. The van der Waals surface area contributed by atoms with Crippen molar-refractivity contribution in [2.24, 2.45) is 5.41 Å². The molecule has 2 aromatic rings. The van der Waals surface area contributed by atoms with E-state index in [1.165, 1.54) is 0 Å². The normalized spacial score (nSPS) is 16.0. The molecule has 1 aliphatic rings. The highest BCUT2D eigenvalue weighted by Gasteiger charge is 2.40. The van der Waals surface area contributed by atoms with Gasteiger partial charge in [0.2, 0.25) is 5.78 Å². The van der Waals surface area contributed by atoms with Gasteiger partial charge in [-0.3, -0.25) is 14.0 Å². The van der Waals surface area contributed by atoms with Crippen LogP contribution < -0.4 is 0 Å². The summed E-state index contributed by atoms with van der Waals surface area (Å²) >= 11 is 3.47. The van der Waals surface area contributed by atoms with Gasteiger partial charge in [-0.1, -0.05) is 26.8 Å². The lowest BCUT2D eigenvalue weighted by molar-refractivity contribution is -0.112. The molecule has 20 heavy (non-hydrogen) atoms. The first-order valence-corrected chi connectivity index (χ1v) is 7.08. The third-order valence-electron chi connectivity index (χ3n) is 3.36. The zero-order chi connectivity index (χ0) is 14.7. The minimum atomic E-state index is -0.494. The van der Waals surface area contributed by atoms with E-state index in [9.17, 15) is 9.59 Å². The summed E-state index contributed by atoms with van der Waals surface area (Å²) < 4.78 is 2.28. The van der Waals surface area contributed by atoms with E-state index in [0.29, 0.717) is 27.1 Å². The number of imidazole rings is 1. The second-order valence-electron chi connectivity index (χ2n) is 5.84. The summed E-state index contributed by atoms with van der Waals surface area (Å²) in [6, 6.07) is 5.47. The number of allylic oxidation sites excluding steroid dienone is 1. The molecular formula is C15H13BrN2O2. The minimum Gasteiger partial charge on any atom is -0.296 e. The Bertz CT molecular complexity index is 794. The maximum Gasteiger partial charge on any atom is 0.252 e.